The molecule has 5 heteroatoms. The van der Waals surface area contributed by atoms with Crippen molar-refractivity contribution in [3.63, 3.8) is 0 Å². The van der Waals surface area contributed by atoms with Gasteiger partial charge in [-0.15, -0.1) is 0 Å². The highest BCUT2D eigenvalue weighted by Gasteiger charge is 2.07. The zero-order chi connectivity index (χ0) is 6.85. The van der Waals surface area contributed by atoms with Gasteiger partial charge in [-0.2, -0.15) is 4.99 Å². The van der Waals surface area contributed by atoms with E-state index in [9.17, 15) is 0 Å². The molecule has 0 spiro atoms. The summed E-state index contributed by atoms with van der Waals surface area (Å²) in [7, 11) is 0. The summed E-state index contributed by atoms with van der Waals surface area (Å²) >= 11 is 10.9. The number of hydrogen-bond donors (Lipinski definition) is 1. The molecule has 1 unspecified atom stereocenters. The molecule has 1 aliphatic rings. The highest BCUT2D eigenvalue weighted by molar-refractivity contribution is 6.71. The summed E-state index contributed by atoms with van der Waals surface area (Å²) in [6.07, 6.45) is -0.0671. The normalized spacial score (nSPS) is 26.3. The lowest BCUT2D eigenvalue weighted by Crippen LogP contribution is -2.31. The van der Waals surface area contributed by atoms with E-state index in [1.165, 1.54) is 0 Å². The molecule has 0 radical (unpaired) electrons. The minimum Gasteiger partial charge on any atom is -0.339 e. The Hall–Kier alpha value is -0.280. The van der Waals surface area contributed by atoms with Crippen molar-refractivity contribution in [2.45, 2.75) is 13.1 Å². The van der Waals surface area contributed by atoms with Crippen LogP contribution < -0.4 is 5.32 Å². The maximum absolute atomic E-state index is 5.48. The van der Waals surface area contributed by atoms with Gasteiger partial charge < -0.3 is 5.32 Å². The number of nitrogens with zero attached hydrogens (tertiary/aromatic N) is 2. The summed E-state index contributed by atoms with van der Waals surface area (Å²) in [5.41, 5.74) is 0. The third kappa shape index (κ3) is 1.84. The Labute approximate surface area is 62.8 Å². The molecule has 0 aromatic rings. The first-order valence-corrected chi connectivity index (χ1v) is 3.18. The van der Waals surface area contributed by atoms with Gasteiger partial charge in [0.05, 0.1) is 0 Å². The van der Waals surface area contributed by atoms with Gasteiger partial charge in [-0.05, 0) is 30.1 Å². The van der Waals surface area contributed by atoms with Gasteiger partial charge in [0.25, 0.3) is 0 Å². The maximum Gasteiger partial charge on any atom is 0.222 e. The molecule has 0 fully saturated rings. The van der Waals surface area contributed by atoms with E-state index in [1.807, 2.05) is 6.92 Å². The van der Waals surface area contributed by atoms with Gasteiger partial charge in [0.1, 0.15) is 6.17 Å². The molecule has 1 atom stereocenters. The van der Waals surface area contributed by atoms with Gasteiger partial charge in [0.2, 0.25) is 5.29 Å². The molecule has 3 nitrogen and oxygen atoms in total. The van der Waals surface area contributed by atoms with Gasteiger partial charge >= 0.3 is 0 Å². The summed E-state index contributed by atoms with van der Waals surface area (Å²) in [6.45, 7) is 1.83. The number of halogens is 2. The van der Waals surface area contributed by atoms with Gasteiger partial charge in [0.15, 0.2) is 5.29 Å². The Bertz CT molecular complexity index is 175. The van der Waals surface area contributed by atoms with Crippen LogP contribution in [0.3, 0.4) is 0 Å². The molecule has 0 aromatic heterocycles. The van der Waals surface area contributed by atoms with Crippen molar-refractivity contribution in [1.29, 1.82) is 0 Å². The Morgan fingerprint density at radius 3 is 2.67 bits per heavy atom. The zero-order valence-corrected chi connectivity index (χ0v) is 6.24. The first kappa shape index (κ1) is 6.83. The summed E-state index contributed by atoms with van der Waals surface area (Å²) in [5.74, 6) is 0. The summed E-state index contributed by atoms with van der Waals surface area (Å²) in [4.78, 5) is 7.45. The van der Waals surface area contributed by atoms with Crippen LogP contribution in [-0.4, -0.2) is 16.8 Å². The zero-order valence-electron chi connectivity index (χ0n) is 4.73. The molecular formula is C4H5Cl2N3. The van der Waals surface area contributed by atoms with E-state index in [-0.39, 0.29) is 11.5 Å². The second kappa shape index (κ2) is 2.54. The van der Waals surface area contributed by atoms with Crippen molar-refractivity contribution in [3.05, 3.63) is 0 Å². The average molecular weight is 166 g/mol. The van der Waals surface area contributed by atoms with E-state index in [4.69, 9.17) is 23.2 Å². The highest BCUT2D eigenvalue weighted by Crippen LogP contribution is 2.01. The first-order valence-electron chi connectivity index (χ1n) is 2.42. The van der Waals surface area contributed by atoms with Crippen LogP contribution in [0, 0.1) is 0 Å². The number of hydrogen-bond acceptors (Lipinski definition) is 3. The predicted octanol–water partition coefficient (Wildman–Crippen LogP) is 1.13. The molecule has 0 bridgehead atoms. The number of rotatable bonds is 0. The van der Waals surface area contributed by atoms with Crippen LogP contribution in [0.4, 0.5) is 0 Å². The van der Waals surface area contributed by atoms with Crippen LogP contribution in [0.5, 0.6) is 0 Å². The highest BCUT2D eigenvalue weighted by atomic mass is 35.5. The lowest BCUT2D eigenvalue weighted by atomic mass is 10.6. The fourth-order valence-corrected chi connectivity index (χ4v) is 1.02. The van der Waals surface area contributed by atoms with Crippen molar-refractivity contribution >= 4 is 33.8 Å². The van der Waals surface area contributed by atoms with Crippen molar-refractivity contribution in [1.82, 2.24) is 5.32 Å². The fraction of sp³-hybridized carbons (Fsp3) is 0.500. The molecule has 9 heavy (non-hydrogen) atoms. The van der Waals surface area contributed by atoms with Crippen LogP contribution in [0.1, 0.15) is 6.92 Å². The van der Waals surface area contributed by atoms with Crippen LogP contribution in [0.25, 0.3) is 0 Å². The lowest BCUT2D eigenvalue weighted by molar-refractivity contribution is 0.699. The molecule has 50 valence electrons. The Kier molecular flexibility index (Phi) is 1.93. The molecule has 1 rings (SSSR count). The quantitative estimate of drug-likeness (QED) is 0.538. The van der Waals surface area contributed by atoms with E-state index in [2.05, 4.69) is 15.3 Å². The van der Waals surface area contributed by atoms with E-state index < -0.39 is 0 Å². The third-order valence-electron chi connectivity index (χ3n) is 0.819. The minimum absolute atomic E-state index is 0.0671. The maximum atomic E-state index is 5.48. The Morgan fingerprint density at radius 1 is 1.56 bits per heavy atom. The number of nitrogens with one attached hydrogen (secondary N) is 1. The van der Waals surface area contributed by atoms with Gasteiger partial charge in [0, 0.05) is 0 Å². The van der Waals surface area contributed by atoms with E-state index in [1.54, 1.807) is 0 Å². The molecule has 0 amide bonds. The average Bonchev–Trinajstić information content (AvgIpc) is 1.59. The molecule has 1 N–H and O–H groups in total. The van der Waals surface area contributed by atoms with Crippen molar-refractivity contribution in [3.8, 4) is 0 Å². The molecule has 1 aliphatic heterocycles. The lowest BCUT2D eigenvalue weighted by Gasteiger charge is -2.12. The Morgan fingerprint density at radius 2 is 2.22 bits per heavy atom. The van der Waals surface area contributed by atoms with E-state index >= 15 is 0 Å². The van der Waals surface area contributed by atoms with Crippen molar-refractivity contribution in [2.24, 2.45) is 9.98 Å². The van der Waals surface area contributed by atoms with Crippen LogP contribution in [-0.2, 0) is 0 Å². The number of aliphatic imine (C=N–C) groups is 2. The van der Waals surface area contributed by atoms with E-state index in [0.29, 0.717) is 5.29 Å². The molecule has 0 saturated carbocycles. The molecule has 0 aliphatic carbocycles. The van der Waals surface area contributed by atoms with Crippen LogP contribution >= 0.6 is 23.2 Å². The van der Waals surface area contributed by atoms with Gasteiger partial charge in [-0.3, -0.25) is 0 Å². The monoisotopic (exact) mass is 165 g/mol. The number of amidine groups is 2. The second-order valence-electron chi connectivity index (χ2n) is 1.62. The largest absolute Gasteiger partial charge is 0.339 e. The molecule has 0 saturated heterocycles. The van der Waals surface area contributed by atoms with E-state index in [0.717, 1.165) is 0 Å². The van der Waals surface area contributed by atoms with Gasteiger partial charge in [-0.25, -0.2) is 4.99 Å². The van der Waals surface area contributed by atoms with Crippen molar-refractivity contribution < 1.29 is 0 Å². The van der Waals surface area contributed by atoms with Crippen LogP contribution in [0.15, 0.2) is 9.98 Å². The third-order valence-corrected chi connectivity index (χ3v) is 1.19. The SMILES string of the molecule is CC1N=C(Cl)N=C(Cl)N1. The fourth-order valence-electron chi connectivity index (χ4n) is 0.507. The minimum atomic E-state index is -0.0671. The van der Waals surface area contributed by atoms with Gasteiger partial charge in [-0.1, -0.05) is 0 Å². The summed E-state index contributed by atoms with van der Waals surface area (Å²) < 4.78 is 0. The second-order valence-corrected chi connectivity index (χ2v) is 2.32. The standard InChI is InChI=1S/C4H5Cl2N3/c1-2-7-3(5)9-4(6)8-2/h2H,1H3,(H,7,8,9). The summed E-state index contributed by atoms with van der Waals surface area (Å²) in [5, 5.41) is 3.25. The smallest absolute Gasteiger partial charge is 0.222 e. The molecular weight excluding hydrogens is 161 g/mol. The molecule has 0 aromatic carbocycles. The van der Waals surface area contributed by atoms with Crippen molar-refractivity contribution in [2.75, 3.05) is 0 Å². The van der Waals surface area contributed by atoms with Crippen LogP contribution in [0.2, 0.25) is 0 Å². The Balaban J connectivity index is 2.74. The topological polar surface area (TPSA) is 36.8 Å². The molecule has 1 heterocycles. The summed E-state index contributed by atoms with van der Waals surface area (Å²) in [6, 6.07) is 0. The first-order chi connectivity index (χ1) is 4.18. The predicted molar refractivity (Wildman–Crippen MR) is 39.2 cm³/mol.